The van der Waals surface area contributed by atoms with E-state index in [0.717, 1.165) is 18.4 Å². The Bertz CT molecular complexity index is 752. The average molecular weight is 350 g/mol. The number of ketones is 1. The molecule has 1 aliphatic rings. The molecule has 0 aromatic heterocycles. The lowest BCUT2D eigenvalue weighted by molar-refractivity contribution is 0.101. The molecule has 1 aliphatic carbocycles. The normalized spacial score (nSPS) is 14.7. The van der Waals surface area contributed by atoms with E-state index in [1.165, 1.54) is 26.2 Å². The van der Waals surface area contributed by atoms with Gasteiger partial charge in [0.1, 0.15) is 0 Å². The van der Waals surface area contributed by atoms with Crippen LogP contribution in [0.25, 0.3) is 0 Å². The molecule has 2 aromatic rings. The third-order valence-electron chi connectivity index (χ3n) is 4.99. The third-order valence-corrected chi connectivity index (χ3v) is 4.99. The minimum Gasteiger partial charge on any atom is -0.317 e. The highest BCUT2D eigenvalue weighted by Crippen LogP contribution is 2.25. The summed E-state index contributed by atoms with van der Waals surface area (Å²) in [5.41, 5.74) is 2.40. The standard InChI is InChI=1S/C22H26N2O2/c1-17(25)19-11-8-12-20(15-19)23-22(26)24(21-13-6-3-7-14-21)16-18-9-4-2-5-10-18/h2,4-5,8-12,15,21H,3,6-7,13-14,16H2,1H3,(H,23,26). The molecule has 0 unspecified atom stereocenters. The summed E-state index contributed by atoms with van der Waals surface area (Å²) in [6, 6.07) is 17.4. The van der Waals surface area contributed by atoms with Crippen molar-refractivity contribution in [3.05, 3.63) is 65.7 Å². The van der Waals surface area contributed by atoms with Crippen LogP contribution in [0.3, 0.4) is 0 Å². The fourth-order valence-corrected chi connectivity index (χ4v) is 3.55. The summed E-state index contributed by atoms with van der Waals surface area (Å²) in [5, 5.41) is 2.99. The molecule has 0 atom stereocenters. The Labute approximate surface area is 155 Å². The van der Waals surface area contributed by atoms with Crippen LogP contribution in [-0.4, -0.2) is 22.8 Å². The molecule has 4 nitrogen and oxygen atoms in total. The van der Waals surface area contributed by atoms with Crippen LogP contribution in [0, 0.1) is 0 Å². The molecule has 1 N–H and O–H groups in total. The summed E-state index contributed by atoms with van der Waals surface area (Å²) >= 11 is 0. The molecule has 0 heterocycles. The Kier molecular flexibility index (Phi) is 6.05. The van der Waals surface area contributed by atoms with Crippen molar-refractivity contribution in [3.63, 3.8) is 0 Å². The molecule has 0 radical (unpaired) electrons. The molecule has 3 rings (SSSR count). The van der Waals surface area contributed by atoms with Gasteiger partial charge in [0.25, 0.3) is 0 Å². The highest BCUT2D eigenvalue weighted by Gasteiger charge is 2.25. The zero-order valence-corrected chi connectivity index (χ0v) is 15.3. The zero-order valence-electron chi connectivity index (χ0n) is 15.3. The lowest BCUT2D eigenvalue weighted by atomic mass is 9.94. The third kappa shape index (κ3) is 4.72. The summed E-state index contributed by atoms with van der Waals surface area (Å²) in [4.78, 5) is 26.6. The van der Waals surface area contributed by atoms with Crippen LogP contribution in [0.4, 0.5) is 10.5 Å². The van der Waals surface area contributed by atoms with Crippen LogP contribution < -0.4 is 5.32 Å². The van der Waals surface area contributed by atoms with Gasteiger partial charge in [-0.1, -0.05) is 61.7 Å². The summed E-state index contributed by atoms with van der Waals surface area (Å²) < 4.78 is 0. The predicted octanol–water partition coefficient (Wildman–Crippen LogP) is 5.26. The Morgan fingerprint density at radius 3 is 2.42 bits per heavy atom. The Morgan fingerprint density at radius 1 is 1.00 bits per heavy atom. The predicted molar refractivity (Wildman–Crippen MR) is 104 cm³/mol. The van der Waals surface area contributed by atoms with Crippen LogP contribution in [-0.2, 0) is 6.54 Å². The minimum atomic E-state index is -0.0959. The lowest BCUT2D eigenvalue weighted by Gasteiger charge is -2.34. The summed E-state index contributed by atoms with van der Waals surface area (Å²) in [7, 11) is 0. The molecule has 136 valence electrons. The molecular weight excluding hydrogens is 324 g/mol. The Hall–Kier alpha value is -2.62. The largest absolute Gasteiger partial charge is 0.322 e. The fourth-order valence-electron chi connectivity index (χ4n) is 3.55. The first-order chi connectivity index (χ1) is 12.6. The van der Waals surface area contributed by atoms with E-state index in [9.17, 15) is 9.59 Å². The van der Waals surface area contributed by atoms with Gasteiger partial charge >= 0.3 is 6.03 Å². The van der Waals surface area contributed by atoms with E-state index in [1.54, 1.807) is 18.2 Å². The van der Waals surface area contributed by atoms with Gasteiger partial charge < -0.3 is 10.2 Å². The number of hydrogen-bond acceptors (Lipinski definition) is 2. The van der Waals surface area contributed by atoms with Crippen LogP contribution in [0.5, 0.6) is 0 Å². The van der Waals surface area contributed by atoms with Crippen molar-refractivity contribution in [2.45, 2.75) is 51.6 Å². The minimum absolute atomic E-state index is 0.00507. The van der Waals surface area contributed by atoms with Crippen molar-refractivity contribution in [2.75, 3.05) is 5.32 Å². The molecule has 1 fully saturated rings. The number of carbonyl (C=O) groups excluding carboxylic acids is 2. The number of rotatable bonds is 5. The molecule has 2 aromatic carbocycles. The van der Waals surface area contributed by atoms with Crippen LogP contribution in [0.2, 0.25) is 0 Å². The number of carbonyl (C=O) groups is 2. The average Bonchev–Trinajstić information content (AvgIpc) is 2.67. The first-order valence-electron chi connectivity index (χ1n) is 9.36. The van der Waals surface area contributed by atoms with Crippen molar-refractivity contribution in [1.82, 2.24) is 4.90 Å². The van der Waals surface area contributed by atoms with E-state index >= 15 is 0 Å². The molecule has 1 saturated carbocycles. The lowest BCUT2D eigenvalue weighted by Crippen LogP contribution is -2.43. The number of urea groups is 1. The second-order valence-electron chi connectivity index (χ2n) is 6.97. The van der Waals surface area contributed by atoms with E-state index in [4.69, 9.17) is 0 Å². The topological polar surface area (TPSA) is 49.4 Å². The fraction of sp³-hybridized carbons (Fsp3) is 0.364. The molecule has 26 heavy (non-hydrogen) atoms. The number of Topliss-reactive ketones (excluding diaryl/α,β-unsaturated/α-hetero) is 1. The number of amides is 2. The van der Waals surface area contributed by atoms with E-state index in [2.05, 4.69) is 17.4 Å². The van der Waals surface area contributed by atoms with Crippen molar-refractivity contribution < 1.29 is 9.59 Å². The van der Waals surface area contributed by atoms with Gasteiger partial charge in [0, 0.05) is 23.8 Å². The zero-order chi connectivity index (χ0) is 18.4. The highest BCUT2D eigenvalue weighted by molar-refractivity contribution is 5.96. The molecule has 0 spiro atoms. The van der Waals surface area contributed by atoms with Crippen molar-refractivity contribution in [2.24, 2.45) is 0 Å². The van der Waals surface area contributed by atoms with E-state index in [1.807, 2.05) is 29.2 Å². The molecular formula is C22H26N2O2. The van der Waals surface area contributed by atoms with E-state index in [0.29, 0.717) is 17.8 Å². The second kappa shape index (κ2) is 8.65. The van der Waals surface area contributed by atoms with Gasteiger partial charge in [0.2, 0.25) is 0 Å². The number of anilines is 1. The van der Waals surface area contributed by atoms with Gasteiger partial charge in [-0.2, -0.15) is 0 Å². The number of hydrogen-bond donors (Lipinski definition) is 1. The van der Waals surface area contributed by atoms with Gasteiger partial charge in [0.05, 0.1) is 0 Å². The Balaban J connectivity index is 1.77. The van der Waals surface area contributed by atoms with Gasteiger partial charge in [0.15, 0.2) is 5.78 Å². The highest BCUT2D eigenvalue weighted by atomic mass is 16.2. The van der Waals surface area contributed by atoms with Crippen LogP contribution in [0.1, 0.15) is 54.9 Å². The van der Waals surface area contributed by atoms with Gasteiger partial charge in [-0.25, -0.2) is 4.79 Å². The maximum atomic E-state index is 13.0. The van der Waals surface area contributed by atoms with E-state index < -0.39 is 0 Å². The molecule has 0 aliphatic heterocycles. The van der Waals surface area contributed by atoms with Crippen LogP contribution >= 0.6 is 0 Å². The monoisotopic (exact) mass is 350 g/mol. The maximum absolute atomic E-state index is 13.0. The molecule has 0 saturated heterocycles. The molecule has 2 amide bonds. The number of nitrogens with one attached hydrogen (secondary N) is 1. The summed E-state index contributed by atoms with van der Waals surface area (Å²) in [6.45, 7) is 2.13. The van der Waals surface area contributed by atoms with Gasteiger partial charge in [-0.15, -0.1) is 0 Å². The number of nitrogens with zero attached hydrogens (tertiary/aromatic N) is 1. The molecule has 4 heteroatoms. The first-order valence-corrected chi connectivity index (χ1v) is 9.36. The first kappa shape index (κ1) is 18.2. The van der Waals surface area contributed by atoms with Crippen molar-refractivity contribution in [1.29, 1.82) is 0 Å². The Morgan fingerprint density at radius 2 is 1.73 bits per heavy atom. The van der Waals surface area contributed by atoms with Gasteiger partial charge in [-0.05, 0) is 37.5 Å². The number of benzene rings is 2. The molecule has 0 bridgehead atoms. The summed E-state index contributed by atoms with van der Waals surface area (Å²) in [6.07, 6.45) is 5.69. The SMILES string of the molecule is CC(=O)c1cccc(NC(=O)N(Cc2ccccc2)C2CCCCC2)c1. The smallest absolute Gasteiger partial charge is 0.317 e. The maximum Gasteiger partial charge on any atom is 0.322 e. The summed E-state index contributed by atoms with van der Waals surface area (Å²) in [5.74, 6) is -0.00507. The van der Waals surface area contributed by atoms with Crippen LogP contribution in [0.15, 0.2) is 54.6 Å². The quantitative estimate of drug-likeness (QED) is 0.748. The van der Waals surface area contributed by atoms with Crippen molar-refractivity contribution >= 4 is 17.5 Å². The van der Waals surface area contributed by atoms with E-state index in [-0.39, 0.29) is 17.9 Å². The second-order valence-corrected chi connectivity index (χ2v) is 6.97. The van der Waals surface area contributed by atoms with Crippen molar-refractivity contribution in [3.8, 4) is 0 Å². The van der Waals surface area contributed by atoms with Gasteiger partial charge in [-0.3, -0.25) is 4.79 Å².